The number of ether oxygens (including phenoxy) is 1. The summed E-state index contributed by atoms with van der Waals surface area (Å²) in [6.07, 6.45) is 1.55. The van der Waals surface area contributed by atoms with E-state index in [2.05, 4.69) is 4.90 Å². The molecule has 1 heterocycles. The lowest BCUT2D eigenvalue weighted by Gasteiger charge is -2.35. The maximum Gasteiger partial charge on any atom is 0.409 e. The number of ketones is 3. The van der Waals surface area contributed by atoms with Gasteiger partial charge in [0.2, 0.25) is 0 Å². The standard InChI is InChI=1S/C25H27N3O5/c1-2-3-15-33-25(32)28-13-11-27(12-14-28)17-9-7-16(8-10-17)22(29)21-23(30)18-5-4-6-19(26)20(18)24(21)31/h4-10,21H,2-3,11-15,26H2,1H3. The molecule has 2 aromatic rings. The number of amides is 1. The van der Waals surface area contributed by atoms with Gasteiger partial charge in [0.15, 0.2) is 17.3 Å². The highest BCUT2D eigenvalue weighted by Gasteiger charge is 2.44. The SMILES string of the molecule is CCCCOC(=O)N1CCN(c2ccc(C(=O)C3C(=O)c4cccc(N)c4C3=O)cc2)CC1. The Hall–Kier alpha value is -3.68. The molecule has 0 bridgehead atoms. The third-order valence-corrected chi connectivity index (χ3v) is 6.17. The molecule has 0 radical (unpaired) electrons. The Morgan fingerprint density at radius 2 is 1.70 bits per heavy atom. The molecular formula is C25H27N3O5. The van der Waals surface area contributed by atoms with Gasteiger partial charge in [-0.1, -0.05) is 25.5 Å². The van der Waals surface area contributed by atoms with E-state index in [1.54, 1.807) is 41.3 Å². The summed E-state index contributed by atoms with van der Waals surface area (Å²) in [5, 5.41) is 0. The molecule has 33 heavy (non-hydrogen) atoms. The molecule has 0 aromatic heterocycles. The first-order valence-corrected chi connectivity index (χ1v) is 11.2. The van der Waals surface area contributed by atoms with Gasteiger partial charge in [-0.25, -0.2) is 4.79 Å². The molecule has 1 aliphatic heterocycles. The Kier molecular flexibility index (Phi) is 6.44. The van der Waals surface area contributed by atoms with Gasteiger partial charge in [-0.3, -0.25) is 14.4 Å². The number of anilines is 2. The predicted octanol–water partition coefficient (Wildman–Crippen LogP) is 3.21. The maximum atomic E-state index is 13.0. The largest absolute Gasteiger partial charge is 0.449 e. The Bertz CT molecular complexity index is 1090. The number of benzene rings is 2. The van der Waals surface area contributed by atoms with Crippen LogP contribution in [-0.2, 0) is 4.74 Å². The summed E-state index contributed by atoms with van der Waals surface area (Å²) in [4.78, 5) is 54.4. The van der Waals surface area contributed by atoms with Crippen LogP contribution in [0.4, 0.5) is 16.2 Å². The van der Waals surface area contributed by atoms with Gasteiger partial charge < -0.3 is 20.3 Å². The van der Waals surface area contributed by atoms with E-state index in [9.17, 15) is 19.2 Å². The summed E-state index contributed by atoms with van der Waals surface area (Å²) >= 11 is 0. The molecule has 4 rings (SSSR count). The molecule has 0 saturated carbocycles. The van der Waals surface area contributed by atoms with Crippen molar-refractivity contribution in [2.24, 2.45) is 5.92 Å². The predicted molar refractivity (Wildman–Crippen MR) is 124 cm³/mol. The lowest BCUT2D eigenvalue weighted by Crippen LogP contribution is -2.49. The van der Waals surface area contributed by atoms with Crippen molar-refractivity contribution >= 4 is 34.8 Å². The molecule has 172 valence electrons. The fourth-order valence-electron chi connectivity index (χ4n) is 4.25. The number of nitrogens with two attached hydrogens (primary N) is 1. The minimum absolute atomic E-state index is 0.142. The smallest absolute Gasteiger partial charge is 0.409 e. The number of hydrogen-bond acceptors (Lipinski definition) is 7. The highest BCUT2D eigenvalue weighted by atomic mass is 16.6. The average Bonchev–Trinajstić information content (AvgIpc) is 3.09. The van der Waals surface area contributed by atoms with Crippen molar-refractivity contribution in [3.63, 3.8) is 0 Å². The molecular weight excluding hydrogens is 422 g/mol. The molecule has 1 saturated heterocycles. The van der Waals surface area contributed by atoms with Gasteiger partial charge in [-0.15, -0.1) is 0 Å². The van der Waals surface area contributed by atoms with Gasteiger partial charge in [0, 0.05) is 48.7 Å². The normalized spacial score (nSPS) is 17.8. The first-order chi connectivity index (χ1) is 15.9. The highest BCUT2D eigenvalue weighted by molar-refractivity contribution is 6.39. The fourth-order valence-corrected chi connectivity index (χ4v) is 4.25. The van der Waals surface area contributed by atoms with Crippen molar-refractivity contribution in [2.45, 2.75) is 19.8 Å². The van der Waals surface area contributed by atoms with Crippen LogP contribution in [0.1, 0.15) is 50.8 Å². The molecule has 1 aliphatic carbocycles. The minimum Gasteiger partial charge on any atom is -0.449 e. The number of piperazine rings is 1. The summed E-state index contributed by atoms with van der Waals surface area (Å²) in [6.45, 7) is 4.88. The van der Waals surface area contributed by atoms with Gasteiger partial charge in [0.1, 0.15) is 5.92 Å². The Morgan fingerprint density at radius 3 is 2.33 bits per heavy atom. The zero-order chi connectivity index (χ0) is 23.5. The first kappa shape index (κ1) is 22.5. The van der Waals surface area contributed by atoms with Crippen LogP contribution >= 0.6 is 0 Å². The highest BCUT2D eigenvalue weighted by Crippen LogP contribution is 2.33. The van der Waals surface area contributed by atoms with Crippen molar-refractivity contribution in [3.05, 3.63) is 59.2 Å². The molecule has 2 N–H and O–H groups in total. The number of rotatable bonds is 6. The van der Waals surface area contributed by atoms with Crippen LogP contribution in [0.25, 0.3) is 0 Å². The third-order valence-electron chi connectivity index (χ3n) is 6.17. The number of fused-ring (bicyclic) bond motifs is 1. The van der Waals surface area contributed by atoms with E-state index < -0.39 is 23.3 Å². The lowest BCUT2D eigenvalue weighted by atomic mass is 9.93. The summed E-state index contributed by atoms with van der Waals surface area (Å²) in [5.41, 5.74) is 7.63. The molecule has 1 unspecified atom stereocenters. The second-order valence-corrected chi connectivity index (χ2v) is 8.28. The van der Waals surface area contributed by atoms with Crippen LogP contribution in [0.15, 0.2) is 42.5 Å². The molecule has 1 amide bonds. The molecule has 2 aliphatic rings. The minimum atomic E-state index is -1.38. The second kappa shape index (κ2) is 9.44. The molecule has 2 aromatic carbocycles. The van der Waals surface area contributed by atoms with Gasteiger partial charge in [0.25, 0.3) is 0 Å². The van der Waals surface area contributed by atoms with Crippen LogP contribution in [-0.4, -0.2) is 61.1 Å². The Balaban J connectivity index is 1.39. The number of hydrogen-bond donors (Lipinski definition) is 1. The number of carbonyl (C=O) groups is 4. The van der Waals surface area contributed by atoms with E-state index in [-0.39, 0.29) is 22.9 Å². The van der Waals surface area contributed by atoms with Crippen molar-refractivity contribution < 1.29 is 23.9 Å². The zero-order valence-electron chi connectivity index (χ0n) is 18.6. The second-order valence-electron chi connectivity index (χ2n) is 8.28. The quantitative estimate of drug-likeness (QED) is 0.312. The van der Waals surface area contributed by atoms with Crippen molar-refractivity contribution in [3.8, 4) is 0 Å². The van der Waals surface area contributed by atoms with Gasteiger partial charge in [-0.2, -0.15) is 0 Å². The average molecular weight is 450 g/mol. The number of unbranched alkanes of at least 4 members (excludes halogenated alkanes) is 1. The maximum absolute atomic E-state index is 13.0. The van der Waals surface area contributed by atoms with E-state index in [4.69, 9.17) is 10.5 Å². The van der Waals surface area contributed by atoms with E-state index in [1.165, 1.54) is 6.07 Å². The van der Waals surface area contributed by atoms with E-state index in [0.29, 0.717) is 38.3 Å². The Labute approximate surface area is 192 Å². The third kappa shape index (κ3) is 4.33. The van der Waals surface area contributed by atoms with Gasteiger partial charge in [0.05, 0.1) is 12.2 Å². The van der Waals surface area contributed by atoms with Crippen LogP contribution < -0.4 is 10.6 Å². The summed E-state index contributed by atoms with van der Waals surface area (Å²) in [5.74, 6) is -2.94. The first-order valence-electron chi connectivity index (χ1n) is 11.2. The molecule has 8 nitrogen and oxygen atoms in total. The van der Waals surface area contributed by atoms with Crippen molar-refractivity contribution in [2.75, 3.05) is 43.4 Å². The van der Waals surface area contributed by atoms with Crippen LogP contribution in [0.2, 0.25) is 0 Å². The van der Waals surface area contributed by atoms with E-state index in [1.807, 2.05) is 6.92 Å². The zero-order valence-corrected chi connectivity index (χ0v) is 18.6. The van der Waals surface area contributed by atoms with Gasteiger partial charge in [-0.05, 0) is 36.8 Å². The van der Waals surface area contributed by atoms with Crippen molar-refractivity contribution in [1.82, 2.24) is 4.90 Å². The Morgan fingerprint density at radius 1 is 1.00 bits per heavy atom. The number of nitrogens with zero attached hydrogens (tertiary/aromatic N) is 2. The molecule has 0 spiro atoms. The molecule has 8 heteroatoms. The summed E-state index contributed by atoms with van der Waals surface area (Å²) in [7, 11) is 0. The topological polar surface area (TPSA) is 110 Å². The van der Waals surface area contributed by atoms with Gasteiger partial charge >= 0.3 is 6.09 Å². The number of Topliss-reactive ketones (excluding diaryl/α,β-unsaturated/α-hetero) is 3. The van der Waals surface area contributed by atoms with Crippen LogP contribution in [0, 0.1) is 5.92 Å². The fraction of sp³-hybridized carbons (Fsp3) is 0.360. The lowest BCUT2D eigenvalue weighted by molar-refractivity contribution is 0.0756. The number of nitrogen functional groups attached to an aromatic ring is 1. The van der Waals surface area contributed by atoms with Crippen LogP contribution in [0.5, 0.6) is 0 Å². The van der Waals surface area contributed by atoms with Crippen molar-refractivity contribution in [1.29, 1.82) is 0 Å². The van der Waals surface area contributed by atoms with E-state index in [0.717, 1.165) is 18.5 Å². The summed E-state index contributed by atoms with van der Waals surface area (Å²) < 4.78 is 5.27. The number of carbonyl (C=O) groups excluding carboxylic acids is 4. The molecule has 1 atom stereocenters. The monoisotopic (exact) mass is 449 g/mol. The van der Waals surface area contributed by atoms with Crippen LogP contribution in [0.3, 0.4) is 0 Å². The molecule has 1 fully saturated rings. The van der Waals surface area contributed by atoms with E-state index >= 15 is 0 Å². The summed E-state index contributed by atoms with van der Waals surface area (Å²) in [6, 6.07) is 11.6.